The number of hydrogen-bond acceptors (Lipinski definition) is 3. The summed E-state index contributed by atoms with van der Waals surface area (Å²) >= 11 is 5.79. The largest absolute Gasteiger partial charge is 0.491 e. The molecule has 4 nitrogen and oxygen atoms in total. The molecule has 0 spiro atoms. The van der Waals surface area contributed by atoms with Crippen molar-refractivity contribution in [3.05, 3.63) is 53.3 Å². The van der Waals surface area contributed by atoms with Crippen LogP contribution in [0, 0.1) is 5.92 Å². The minimum atomic E-state index is -0.321. The zero-order chi connectivity index (χ0) is 15.2. The molecule has 0 aliphatic heterocycles. The molecule has 1 aromatic carbocycles. The van der Waals surface area contributed by atoms with Crippen LogP contribution in [-0.4, -0.2) is 17.5 Å². The number of para-hydroxylation sites is 2. The van der Waals surface area contributed by atoms with Gasteiger partial charge in [-0.2, -0.15) is 0 Å². The lowest BCUT2D eigenvalue weighted by molar-refractivity contribution is 0.102. The third-order valence-corrected chi connectivity index (χ3v) is 2.87. The number of halogens is 1. The Morgan fingerprint density at radius 1 is 1.24 bits per heavy atom. The van der Waals surface area contributed by atoms with Crippen molar-refractivity contribution in [2.75, 3.05) is 11.9 Å². The van der Waals surface area contributed by atoms with Crippen molar-refractivity contribution in [3.8, 4) is 5.75 Å². The van der Waals surface area contributed by atoms with E-state index >= 15 is 0 Å². The van der Waals surface area contributed by atoms with E-state index in [0.717, 1.165) is 0 Å². The van der Waals surface area contributed by atoms with Crippen LogP contribution in [0.2, 0.25) is 5.15 Å². The molecule has 0 bridgehead atoms. The fourth-order valence-electron chi connectivity index (χ4n) is 1.67. The maximum absolute atomic E-state index is 12.2. The molecule has 0 radical (unpaired) electrons. The van der Waals surface area contributed by atoms with Crippen molar-refractivity contribution in [3.63, 3.8) is 0 Å². The van der Waals surface area contributed by atoms with Gasteiger partial charge in [0, 0.05) is 0 Å². The number of nitrogens with one attached hydrogen (secondary N) is 1. The van der Waals surface area contributed by atoms with E-state index in [0.29, 0.717) is 24.0 Å². The molecule has 1 amide bonds. The third-order valence-electron chi connectivity index (χ3n) is 2.66. The zero-order valence-electron chi connectivity index (χ0n) is 12.0. The van der Waals surface area contributed by atoms with Crippen LogP contribution in [0.15, 0.2) is 42.5 Å². The average Bonchev–Trinajstić information content (AvgIpc) is 2.46. The standard InChI is InChI=1S/C16H17ClN2O2/c1-11(2)10-21-14-8-4-3-6-12(14)19-16(20)13-7-5-9-15(17)18-13/h3-9,11H,10H2,1-2H3,(H,19,20). The lowest BCUT2D eigenvalue weighted by Crippen LogP contribution is -2.15. The predicted molar refractivity (Wildman–Crippen MR) is 84.0 cm³/mol. The van der Waals surface area contributed by atoms with Gasteiger partial charge < -0.3 is 10.1 Å². The minimum Gasteiger partial charge on any atom is -0.491 e. The molecule has 0 unspecified atom stereocenters. The Morgan fingerprint density at radius 2 is 2.00 bits per heavy atom. The Morgan fingerprint density at radius 3 is 2.71 bits per heavy atom. The van der Waals surface area contributed by atoms with Crippen LogP contribution in [-0.2, 0) is 0 Å². The monoisotopic (exact) mass is 304 g/mol. The van der Waals surface area contributed by atoms with Crippen molar-refractivity contribution in [1.82, 2.24) is 4.98 Å². The van der Waals surface area contributed by atoms with E-state index in [1.165, 1.54) is 0 Å². The van der Waals surface area contributed by atoms with Gasteiger partial charge in [-0.1, -0.05) is 43.6 Å². The molecule has 110 valence electrons. The quantitative estimate of drug-likeness (QED) is 0.849. The van der Waals surface area contributed by atoms with Gasteiger partial charge in [0.05, 0.1) is 12.3 Å². The van der Waals surface area contributed by atoms with Crippen molar-refractivity contribution in [1.29, 1.82) is 0 Å². The molecular formula is C16H17ClN2O2. The molecule has 21 heavy (non-hydrogen) atoms. The van der Waals surface area contributed by atoms with Gasteiger partial charge in [-0.25, -0.2) is 4.98 Å². The first-order valence-corrected chi connectivity index (χ1v) is 7.10. The predicted octanol–water partition coefficient (Wildman–Crippen LogP) is 4.02. The second-order valence-electron chi connectivity index (χ2n) is 5.00. The lowest BCUT2D eigenvalue weighted by atomic mass is 10.2. The molecule has 1 heterocycles. The minimum absolute atomic E-state index is 0.265. The van der Waals surface area contributed by atoms with E-state index in [1.54, 1.807) is 24.3 Å². The van der Waals surface area contributed by atoms with Crippen molar-refractivity contribution >= 4 is 23.2 Å². The number of aromatic nitrogens is 1. The molecule has 1 N–H and O–H groups in total. The number of nitrogens with zero attached hydrogens (tertiary/aromatic N) is 1. The van der Waals surface area contributed by atoms with Crippen LogP contribution in [0.4, 0.5) is 5.69 Å². The van der Waals surface area contributed by atoms with Gasteiger partial charge in [0.1, 0.15) is 16.6 Å². The summed E-state index contributed by atoms with van der Waals surface area (Å²) in [6, 6.07) is 12.2. The highest BCUT2D eigenvalue weighted by atomic mass is 35.5. The van der Waals surface area contributed by atoms with Crippen LogP contribution in [0.25, 0.3) is 0 Å². The summed E-state index contributed by atoms with van der Waals surface area (Å²) in [5.41, 5.74) is 0.881. The molecule has 0 aliphatic carbocycles. The maximum Gasteiger partial charge on any atom is 0.274 e. The van der Waals surface area contributed by atoms with Crippen LogP contribution in [0.3, 0.4) is 0 Å². The van der Waals surface area contributed by atoms with Gasteiger partial charge in [0.2, 0.25) is 0 Å². The van der Waals surface area contributed by atoms with Crippen LogP contribution >= 0.6 is 11.6 Å². The van der Waals surface area contributed by atoms with Crippen molar-refractivity contribution < 1.29 is 9.53 Å². The van der Waals surface area contributed by atoms with Gasteiger partial charge in [0.25, 0.3) is 5.91 Å². The maximum atomic E-state index is 12.2. The molecular weight excluding hydrogens is 288 g/mol. The number of benzene rings is 1. The van der Waals surface area contributed by atoms with Crippen molar-refractivity contribution in [2.24, 2.45) is 5.92 Å². The summed E-state index contributed by atoms with van der Waals surface area (Å²) in [7, 11) is 0. The van der Waals surface area contributed by atoms with Crippen molar-refractivity contribution in [2.45, 2.75) is 13.8 Å². The van der Waals surface area contributed by atoms with E-state index in [-0.39, 0.29) is 16.8 Å². The number of rotatable bonds is 5. The van der Waals surface area contributed by atoms with Gasteiger partial charge in [-0.3, -0.25) is 4.79 Å². The first-order valence-electron chi connectivity index (χ1n) is 6.72. The summed E-state index contributed by atoms with van der Waals surface area (Å²) in [4.78, 5) is 16.2. The van der Waals surface area contributed by atoms with Gasteiger partial charge in [0.15, 0.2) is 0 Å². The van der Waals surface area contributed by atoms with E-state index in [1.807, 2.05) is 18.2 Å². The lowest BCUT2D eigenvalue weighted by Gasteiger charge is -2.13. The number of hydrogen-bond donors (Lipinski definition) is 1. The van der Waals surface area contributed by atoms with Crippen LogP contribution in [0.5, 0.6) is 5.75 Å². The first kappa shape index (κ1) is 15.3. The Bertz CT molecular complexity index is 629. The molecule has 2 rings (SSSR count). The summed E-state index contributed by atoms with van der Waals surface area (Å²) < 4.78 is 5.70. The Hall–Kier alpha value is -2.07. The van der Waals surface area contributed by atoms with Crippen LogP contribution in [0.1, 0.15) is 24.3 Å². The summed E-state index contributed by atoms with van der Waals surface area (Å²) in [6.45, 7) is 4.72. The molecule has 0 saturated carbocycles. The molecule has 0 fully saturated rings. The number of ether oxygens (including phenoxy) is 1. The Kier molecular flexibility index (Phi) is 5.17. The Labute approximate surface area is 129 Å². The number of anilines is 1. The van der Waals surface area contributed by atoms with E-state index in [9.17, 15) is 4.79 Å². The second-order valence-corrected chi connectivity index (χ2v) is 5.39. The number of carbonyl (C=O) groups is 1. The molecule has 5 heteroatoms. The van der Waals surface area contributed by atoms with Crippen LogP contribution < -0.4 is 10.1 Å². The molecule has 0 saturated heterocycles. The highest BCUT2D eigenvalue weighted by Crippen LogP contribution is 2.24. The number of amides is 1. The zero-order valence-corrected chi connectivity index (χ0v) is 12.7. The van der Waals surface area contributed by atoms with Gasteiger partial charge in [-0.05, 0) is 30.2 Å². The van der Waals surface area contributed by atoms with E-state index < -0.39 is 0 Å². The first-order chi connectivity index (χ1) is 10.1. The fourth-order valence-corrected chi connectivity index (χ4v) is 1.84. The van der Waals surface area contributed by atoms with E-state index in [4.69, 9.17) is 16.3 Å². The van der Waals surface area contributed by atoms with Gasteiger partial charge in [-0.15, -0.1) is 0 Å². The molecule has 0 aliphatic rings. The smallest absolute Gasteiger partial charge is 0.274 e. The summed E-state index contributed by atoms with van der Waals surface area (Å²) in [5, 5.41) is 3.08. The number of pyridine rings is 1. The third kappa shape index (κ3) is 4.46. The molecule has 0 atom stereocenters. The molecule has 2 aromatic rings. The highest BCUT2D eigenvalue weighted by Gasteiger charge is 2.11. The molecule has 1 aromatic heterocycles. The topological polar surface area (TPSA) is 51.2 Å². The number of carbonyl (C=O) groups excluding carboxylic acids is 1. The summed E-state index contributed by atoms with van der Waals surface area (Å²) in [6.07, 6.45) is 0. The highest BCUT2D eigenvalue weighted by molar-refractivity contribution is 6.29. The fraction of sp³-hybridized carbons (Fsp3) is 0.250. The Balaban J connectivity index is 2.13. The van der Waals surface area contributed by atoms with Gasteiger partial charge >= 0.3 is 0 Å². The summed E-state index contributed by atoms with van der Waals surface area (Å²) in [5.74, 6) is 0.725. The average molecular weight is 305 g/mol. The SMILES string of the molecule is CC(C)COc1ccccc1NC(=O)c1cccc(Cl)n1. The second kappa shape index (κ2) is 7.09. The van der Waals surface area contributed by atoms with E-state index in [2.05, 4.69) is 24.1 Å². The normalized spacial score (nSPS) is 10.5.